The third-order valence-electron chi connectivity index (χ3n) is 4.34. The minimum atomic E-state index is 0.168. The largest absolute Gasteiger partial charge is 0.325 e. The van der Waals surface area contributed by atoms with Crippen molar-refractivity contribution in [1.82, 2.24) is 0 Å². The lowest BCUT2D eigenvalue weighted by Gasteiger charge is -2.40. The number of hydrogen-bond acceptors (Lipinski definition) is 1. The summed E-state index contributed by atoms with van der Waals surface area (Å²) in [6, 6.07) is 0. The molecule has 0 spiro atoms. The Morgan fingerprint density at radius 3 is 2.06 bits per heavy atom. The summed E-state index contributed by atoms with van der Waals surface area (Å²) in [6.45, 7) is 7.02. The van der Waals surface area contributed by atoms with Gasteiger partial charge < -0.3 is 5.73 Å². The fourth-order valence-electron chi connectivity index (χ4n) is 3.79. The van der Waals surface area contributed by atoms with Crippen molar-refractivity contribution in [3.63, 3.8) is 0 Å². The van der Waals surface area contributed by atoms with Gasteiger partial charge in [-0.15, -0.1) is 0 Å². The van der Waals surface area contributed by atoms with Crippen molar-refractivity contribution in [1.29, 1.82) is 0 Å². The zero-order valence-corrected chi connectivity index (χ0v) is 12.3. The second-order valence-corrected chi connectivity index (χ2v) is 6.73. The lowest BCUT2D eigenvalue weighted by atomic mass is 9.70. The normalized spacial score (nSPS) is 33.9. The van der Waals surface area contributed by atoms with Crippen LogP contribution in [0.25, 0.3) is 0 Å². The van der Waals surface area contributed by atoms with Crippen LogP contribution in [0.2, 0.25) is 0 Å². The molecular formula is C16H33N. The van der Waals surface area contributed by atoms with E-state index in [1.807, 2.05) is 0 Å². The molecule has 0 heterocycles. The Balaban J connectivity index is 2.16. The first-order chi connectivity index (χ1) is 8.06. The van der Waals surface area contributed by atoms with Crippen molar-refractivity contribution < 1.29 is 0 Å². The number of nitrogens with two attached hydrogens (primary N) is 1. The first-order valence-corrected chi connectivity index (χ1v) is 7.84. The van der Waals surface area contributed by atoms with Gasteiger partial charge in [-0.2, -0.15) is 0 Å². The second kappa shape index (κ2) is 7.41. The van der Waals surface area contributed by atoms with Crippen molar-refractivity contribution in [2.24, 2.45) is 17.6 Å². The fraction of sp³-hybridized carbons (Fsp3) is 1.00. The van der Waals surface area contributed by atoms with Gasteiger partial charge in [-0.1, -0.05) is 59.3 Å². The Morgan fingerprint density at radius 2 is 1.47 bits per heavy atom. The smallest absolute Gasteiger partial charge is 0.0159 e. The molecule has 102 valence electrons. The molecule has 1 fully saturated rings. The summed E-state index contributed by atoms with van der Waals surface area (Å²) in [7, 11) is 0. The molecule has 1 aliphatic carbocycles. The molecule has 0 aromatic carbocycles. The van der Waals surface area contributed by atoms with Crippen molar-refractivity contribution >= 4 is 0 Å². The van der Waals surface area contributed by atoms with E-state index in [4.69, 9.17) is 5.73 Å². The first kappa shape index (κ1) is 15.0. The van der Waals surface area contributed by atoms with E-state index in [0.717, 1.165) is 11.8 Å². The third-order valence-corrected chi connectivity index (χ3v) is 4.34. The highest BCUT2D eigenvalue weighted by Crippen LogP contribution is 2.37. The van der Waals surface area contributed by atoms with E-state index in [2.05, 4.69) is 20.8 Å². The van der Waals surface area contributed by atoms with Gasteiger partial charge in [-0.05, 0) is 37.5 Å². The van der Waals surface area contributed by atoms with Crippen LogP contribution in [0, 0.1) is 11.8 Å². The molecule has 1 saturated carbocycles. The minimum absolute atomic E-state index is 0.168. The molecule has 2 N–H and O–H groups in total. The molecule has 0 saturated heterocycles. The highest BCUT2D eigenvalue weighted by Gasteiger charge is 2.33. The van der Waals surface area contributed by atoms with Crippen LogP contribution in [-0.4, -0.2) is 5.54 Å². The molecule has 1 nitrogen and oxygen atoms in total. The van der Waals surface area contributed by atoms with Crippen LogP contribution in [0.4, 0.5) is 0 Å². The SMILES string of the molecule is CCCCCCCCC1(N)CC(C)CC(C)C1. The molecule has 0 aromatic heterocycles. The predicted molar refractivity (Wildman–Crippen MR) is 77.1 cm³/mol. The molecule has 0 amide bonds. The highest BCUT2D eigenvalue weighted by molar-refractivity contribution is 4.91. The Bertz CT molecular complexity index is 190. The first-order valence-electron chi connectivity index (χ1n) is 7.84. The molecule has 1 heteroatoms. The van der Waals surface area contributed by atoms with Crippen molar-refractivity contribution in [3.05, 3.63) is 0 Å². The molecule has 1 aliphatic rings. The van der Waals surface area contributed by atoms with Crippen LogP contribution in [0.15, 0.2) is 0 Å². The van der Waals surface area contributed by atoms with Gasteiger partial charge in [0.15, 0.2) is 0 Å². The van der Waals surface area contributed by atoms with Crippen molar-refractivity contribution in [3.8, 4) is 0 Å². The van der Waals surface area contributed by atoms with E-state index in [1.165, 1.54) is 64.2 Å². The molecule has 17 heavy (non-hydrogen) atoms. The van der Waals surface area contributed by atoms with Crippen LogP contribution < -0.4 is 5.73 Å². The van der Waals surface area contributed by atoms with Gasteiger partial charge in [0.25, 0.3) is 0 Å². The van der Waals surface area contributed by atoms with Crippen LogP contribution >= 0.6 is 0 Å². The Kier molecular flexibility index (Phi) is 6.54. The van der Waals surface area contributed by atoms with Crippen molar-refractivity contribution in [2.45, 2.75) is 90.5 Å². The average Bonchev–Trinajstić information content (AvgIpc) is 2.21. The maximum absolute atomic E-state index is 6.58. The molecular weight excluding hydrogens is 206 g/mol. The molecule has 0 bridgehead atoms. The van der Waals surface area contributed by atoms with Gasteiger partial charge >= 0.3 is 0 Å². The summed E-state index contributed by atoms with van der Waals surface area (Å²) in [5.74, 6) is 1.67. The van der Waals surface area contributed by atoms with E-state index in [9.17, 15) is 0 Å². The zero-order valence-electron chi connectivity index (χ0n) is 12.3. The van der Waals surface area contributed by atoms with E-state index >= 15 is 0 Å². The zero-order chi connectivity index (χ0) is 12.7. The number of hydrogen-bond donors (Lipinski definition) is 1. The molecule has 0 aliphatic heterocycles. The minimum Gasteiger partial charge on any atom is -0.325 e. The molecule has 0 aromatic rings. The van der Waals surface area contributed by atoms with Crippen LogP contribution in [0.1, 0.15) is 85.0 Å². The lowest BCUT2D eigenvalue weighted by molar-refractivity contribution is 0.169. The van der Waals surface area contributed by atoms with Crippen LogP contribution in [-0.2, 0) is 0 Å². The van der Waals surface area contributed by atoms with Gasteiger partial charge in [-0.25, -0.2) is 0 Å². The summed E-state index contributed by atoms with van der Waals surface area (Å²) in [4.78, 5) is 0. The second-order valence-electron chi connectivity index (χ2n) is 6.73. The summed E-state index contributed by atoms with van der Waals surface area (Å²) in [5.41, 5.74) is 6.75. The number of unbranched alkanes of at least 4 members (excludes halogenated alkanes) is 5. The highest BCUT2D eigenvalue weighted by atomic mass is 14.7. The molecule has 2 unspecified atom stereocenters. The average molecular weight is 239 g/mol. The summed E-state index contributed by atoms with van der Waals surface area (Å²) < 4.78 is 0. The summed E-state index contributed by atoms with van der Waals surface area (Å²) in [5, 5.41) is 0. The van der Waals surface area contributed by atoms with Gasteiger partial charge in [0, 0.05) is 5.54 Å². The van der Waals surface area contributed by atoms with Gasteiger partial charge in [0.1, 0.15) is 0 Å². The van der Waals surface area contributed by atoms with E-state index in [0.29, 0.717) is 0 Å². The third kappa shape index (κ3) is 5.90. The molecule has 2 atom stereocenters. The Morgan fingerprint density at radius 1 is 0.941 bits per heavy atom. The summed E-state index contributed by atoms with van der Waals surface area (Å²) in [6.07, 6.45) is 13.5. The lowest BCUT2D eigenvalue weighted by Crippen LogP contribution is -2.46. The molecule has 1 rings (SSSR count). The Hall–Kier alpha value is -0.0400. The quantitative estimate of drug-likeness (QED) is 0.629. The van der Waals surface area contributed by atoms with Gasteiger partial charge in [0.2, 0.25) is 0 Å². The standard InChI is InChI=1S/C16H33N/c1-4-5-6-7-8-9-10-16(17)12-14(2)11-15(3)13-16/h14-15H,4-13,17H2,1-3H3. The topological polar surface area (TPSA) is 26.0 Å². The van der Waals surface area contributed by atoms with E-state index in [-0.39, 0.29) is 5.54 Å². The van der Waals surface area contributed by atoms with E-state index in [1.54, 1.807) is 0 Å². The monoisotopic (exact) mass is 239 g/mol. The Labute approximate surface area is 109 Å². The fourth-order valence-corrected chi connectivity index (χ4v) is 3.79. The predicted octanol–water partition coefficient (Wildman–Crippen LogP) is 4.89. The van der Waals surface area contributed by atoms with E-state index < -0.39 is 0 Å². The maximum Gasteiger partial charge on any atom is 0.0159 e. The van der Waals surface area contributed by atoms with Gasteiger partial charge in [0.05, 0.1) is 0 Å². The molecule has 0 radical (unpaired) electrons. The maximum atomic E-state index is 6.58. The van der Waals surface area contributed by atoms with Gasteiger partial charge in [-0.3, -0.25) is 0 Å². The van der Waals surface area contributed by atoms with Crippen LogP contribution in [0.3, 0.4) is 0 Å². The van der Waals surface area contributed by atoms with Crippen molar-refractivity contribution in [2.75, 3.05) is 0 Å². The summed E-state index contributed by atoms with van der Waals surface area (Å²) >= 11 is 0. The van der Waals surface area contributed by atoms with Crippen LogP contribution in [0.5, 0.6) is 0 Å². The number of rotatable bonds is 7.